The predicted molar refractivity (Wildman–Crippen MR) is 178 cm³/mol. The SMILES string of the molecule is [CH2]c1ccc([CH2])c(N(CC2CCC(CN(C)C)CC2)C(=O)CCCC=O)c1N(CC1CCC(CN)CC1)C(=O)CCCC=O. The summed E-state index contributed by atoms with van der Waals surface area (Å²) in [7, 11) is 4.23. The van der Waals surface area contributed by atoms with Crippen LogP contribution >= 0.6 is 0 Å². The number of carbonyl (C=O) groups is 4. The van der Waals surface area contributed by atoms with Crippen molar-refractivity contribution in [2.24, 2.45) is 29.4 Å². The van der Waals surface area contributed by atoms with Crippen molar-refractivity contribution in [1.29, 1.82) is 0 Å². The van der Waals surface area contributed by atoms with Crippen LogP contribution in [0.1, 0.15) is 101 Å². The van der Waals surface area contributed by atoms with E-state index in [1.165, 1.54) is 0 Å². The Hall–Kier alpha value is -2.58. The molecule has 0 spiro atoms. The topological polar surface area (TPSA) is 104 Å². The molecule has 2 radical (unpaired) electrons. The molecule has 0 aromatic heterocycles. The maximum atomic E-state index is 14.0. The van der Waals surface area contributed by atoms with E-state index < -0.39 is 0 Å². The third-order valence-electron chi connectivity index (χ3n) is 9.66. The Bertz CT molecular complexity index is 1070. The number of rotatable bonds is 17. The Kier molecular flexibility index (Phi) is 15.0. The summed E-state index contributed by atoms with van der Waals surface area (Å²) in [6, 6.07) is 3.78. The molecule has 0 atom stereocenters. The molecular weight excluding hydrogens is 552 g/mol. The van der Waals surface area contributed by atoms with Gasteiger partial charge in [0, 0.05) is 45.3 Å². The third kappa shape index (κ3) is 10.5. The zero-order chi connectivity index (χ0) is 32.1. The Balaban J connectivity index is 1.99. The Morgan fingerprint density at radius 2 is 1.07 bits per heavy atom. The van der Waals surface area contributed by atoms with Gasteiger partial charge in [-0.3, -0.25) is 9.59 Å². The molecule has 2 amide bonds. The summed E-state index contributed by atoms with van der Waals surface area (Å²) >= 11 is 0. The summed E-state index contributed by atoms with van der Waals surface area (Å²) in [5, 5.41) is 0. The first-order valence-electron chi connectivity index (χ1n) is 16.8. The number of carbonyl (C=O) groups excluding carboxylic acids is 4. The lowest BCUT2D eigenvalue weighted by atomic mass is 9.81. The minimum atomic E-state index is -0.0536. The van der Waals surface area contributed by atoms with Gasteiger partial charge in [0.15, 0.2) is 0 Å². The fourth-order valence-electron chi connectivity index (χ4n) is 7.12. The lowest BCUT2D eigenvalue weighted by Gasteiger charge is -2.38. The van der Waals surface area contributed by atoms with Crippen molar-refractivity contribution in [3.05, 3.63) is 37.1 Å². The van der Waals surface area contributed by atoms with E-state index in [4.69, 9.17) is 5.73 Å². The van der Waals surface area contributed by atoms with Crippen molar-refractivity contribution in [2.45, 2.75) is 89.9 Å². The summed E-state index contributed by atoms with van der Waals surface area (Å²) in [6.45, 7) is 11.6. The number of amides is 2. The van der Waals surface area contributed by atoms with Crippen LogP contribution in [0.5, 0.6) is 0 Å². The normalized spacial score (nSPS) is 22.0. The molecule has 2 aliphatic carbocycles. The second-order valence-electron chi connectivity index (χ2n) is 13.5. The van der Waals surface area contributed by atoms with Crippen LogP contribution in [0.4, 0.5) is 11.4 Å². The van der Waals surface area contributed by atoms with E-state index in [-0.39, 0.29) is 24.7 Å². The first-order chi connectivity index (χ1) is 21.2. The number of unbranched alkanes of at least 4 members (excludes halogenated alkanes) is 2. The van der Waals surface area contributed by atoms with Crippen LogP contribution in [0.25, 0.3) is 0 Å². The van der Waals surface area contributed by atoms with E-state index in [1.54, 1.807) is 0 Å². The van der Waals surface area contributed by atoms with Crippen LogP contribution in [0.2, 0.25) is 0 Å². The zero-order valence-electron chi connectivity index (χ0n) is 27.3. The smallest absolute Gasteiger partial charge is 0.227 e. The highest BCUT2D eigenvalue weighted by atomic mass is 16.2. The quantitative estimate of drug-likeness (QED) is 0.183. The fraction of sp³-hybridized carbons (Fsp3) is 0.667. The third-order valence-corrected chi connectivity index (χ3v) is 9.66. The van der Waals surface area contributed by atoms with Crippen LogP contribution < -0.4 is 15.5 Å². The highest BCUT2D eigenvalue weighted by molar-refractivity contribution is 6.04. The molecule has 8 heteroatoms. The molecule has 2 saturated carbocycles. The molecule has 1 aromatic carbocycles. The second kappa shape index (κ2) is 18.4. The van der Waals surface area contributed by atoms with E-state index in [0.29, 0.717) is 91.5 Å². The van der Waals surface area contributed by atoms with Gasteiger partial charge in [-0.1, -0.05) is 12.1 Å². The number of anilines is 2. The Morgan fingerprint density at radius 3 is 1.41 bits per heavy atom. The second-order valence-corrected chi connectivity index (χ2v) is 13.5. The minimum absolute atomic E-state index is 0.0455. The lowest BCUT2D eigenvalue weighted by Crippen LogP contribution is -2.42. The lowest BCUT2D eigenvalue weighted by molar-refractivity contribution is -0.120. The Morgan fingerprint density at radius 1 is 0.705 bits per heavy atom. The van der Waals surface area contributed by atoms with Crippen LogP contribution in [-0.4, -0.2) is 69.6 Å². The van der Waals surface area contributed by atoms with E-state index >= 15 is 0 Å². The van der Waals surface area contributed by atoms with Crippen LogP contribution in [0, 0.1) is 37.5 Å². The molecule has 2 aliphatic rings. The molecule has 0 unspecified atom stereocenters. The molecule has 2 fully saturated rings. The highest BCUT2D eigenvalue weighted by Crippen LogP contribution is 2.41. The monoisotopic (exact) mass is 608 g/mol. The van der Waals surface area contributed by atoms with Gasteiger partial charge in [0.1, 0.15) is 12.6 Å². The average molecular weight is 609 g/mol. The molecule has 0 heterocycles. The van der Waals surface area contributed by atoms with Gasteiger partial charge in [-0.05, 0) is 133 Å². The van der Waals surface area contributed by atoms with Crippen molar-refractivity contribution in [2.75, 3.05) is 50.1 Å². The van der Waals surface area contributed by atoms with Crippen LogP contribution in [0.15, 0.2) is 12.1 Å². The van der Waals surface area contributed by atoms with E-state index in [0.717, 1.165) is 70.5 Å². The molecule has 44 heavy (non-hydrogen) atoms. The largest absolute Gasteiger partial charge is 0.330 e. The van der Waals surface area contributed by atoms with E-state index in [9.17, 15) is 19.2 Å². The van der Waals surface area contributed by atoms with Crippen molar-refractivity contribution >= 4 is 35.8 Å². The number of aldehydes is 2. The summed E-state index contributed by atoms with van der Waals surface area (Å²) in [5.74, 6) is 1.74. The van der Waals surface area contributed by atoms with Gasteiger partial charge >= 0.3 is 0 Å². The summed E-state index contributed by atoms with van der Waals surface area (Å²) in [6.07, 6.45) is 12.3. The molecule has 8 nitrogen and oxygen atoms in total. The van der Waals surface area contributed by atoms with Gasteiger partial charge in [-0.2, -0.15) is 0 Å². The zero-order valence-corrected chi connectivity index (χ0v) is 27.3. The van der Waals surface area contributed by atoms with Gasteiger partial charge < -0.3 is 30.0 Å². The summed E-state index contributed by atoms with van der Waals surface area (Å²) in [5.41, 5.74) is 8.67. The molecular formula is C36H56N4O4. The number of benzene rings is 1. The molecule has 244 valence electrons. The maximum absolute atomic E-state index is 14.0. The number of nitrogens with zero attached hydrogens (tertiary/aromatic N) is 3. The summed E-state index contributed by atoms with van der Waals surface area (Å²) in [4.78, 5) is 56.0. The van der Waals surface area contributed by atoms with Gasteiger partial charge in [0.05, 0.1) is 11.4 Å². The predicted octanol–water partition coefficient (Wildman–Crippen LogP) is 5.59. The van der Waals surface area contributed by atoms with Gasteiger partial charge in [-0.15, -0.1) is 0 Å². The summed E-state index contributed by atoms with van der Waals surface area (Å²) < 4.78 is 0. The van der Waals surface area contributed by atoms with E-state index in [1.807, 2.05) is 21.9 Å². The highest BCUT2D eigenvalue weighted by Gasteiger charge is 2.32. The molecule has 2 N–H and O–H groups in total. The van der Waals surface area contributed by atoms with Crippen LogP contribution in [-0.2, 0) is 19.2 Å². The number of nitrogens with two attached hydrogens (primary N) is 1. The van der Waals surface area contributed by atoms with Crippen molar-refractivity contribution < 1.29 is 19.2 Å². The van der Waals surface area contributed by atoms with Gasteiger partial charge in [0.2, 0.25) is 11.8 Å². The van der Waals surface area contributed by atoms with Crippen LogP contribution in [0.3, 0.4) is 0 Å². The fourth-order valence-corrected chi connectivity index (χ4v) is 7.12. The number of hydrogen-bond acceptors (Lipinski definition) is 6. The van der Waals surface area contributed by atoms with Gasteiger partial charge in [-0.25, -0.2) is 0 Å². The molecule has 0 bridgehead atoms. The van der Waals surface area contributed by atoms with Crippen molar-refractivity contribution in [3.8, 4) is 0 Å². The molecule has 3 rings (SSSR count). The number of hydrogen-bond donors (Lipinski definition) is 1. The average Bonchev–Trinajstić information content (AvgIpc) is 3.01. The van der Waals surface area contributed by atoms with Crippen molar-refractivity contribution in [3.63, 3.8) is 0 Å². The van der Waals surface area contributed by atoms with E-state index in [2.05, 4.69) is 32.8 Å². The Labute approximate surface area is 266 Å². The standard InChI is InChI=1S/C36H56N4O4/c1-27-11-12-28(2)36(35(27)39(33(43)9-5-7-21-41)25-31-15-13-29(23-37)14-16-31)40(34(44)10-6-8-22-42)26-32-19-17-30(18-20-32)24-38(3)4/h11-12,21-22,29-32H,1-2,5-10,13-20,23-26,37H2,3-4H3. The van der Waals surface area contributed by atoms with Gasteiger partial charge in [0.25, 0.3) is 0 Å². The van der Waals surface area contributed by atoms with Crippen molar-refractivity contribution in [1.82, 2.24) is 4.90 Å². The molecule has 0 aliphatic heterocycles. The molecule has 1 aromatic rings. The maximum Gasteiger partial charge on any atom is 0.227 e. The molecule has 0 saturated heterocycles. The first kappa shape index (κ1) is 35.9. The minimum Gasteiger partial charge on any atom is -0.330 e. The first-order valence-corrected chi connectivity index (χ1v) is 16.8.